The SMILES string of the molecule is CC(=O)O[C@H]1[C@H](C)O[C@@H](O[C@H]2[C@H](C)O[C@H](O[C@H]3CC[C@H]4[C@@H]5CCC6=CC(=O)CC[C@]6(C)[C@H]5CC[C@]34C)C[C@@H]2OC(=O)c2ccccc2)C[C@@H]1OC(C)=O. The monoisotopic (exact) mass is 736 g/mol. The molecule has 2 heterocycles. The van der Waals surface area contributed by atoms with Crippen LogP contribution >= 0.6 is 0 Å². The molecule has 1 aromatic carbocycles. The summed E-state index contributed by atoms with van der Waals surface area (Å²) in [5, 5.41) is 0. The van der Waals surface area contributed by atoms with Crippen LogP contribution in [0.4, 0.5) is 0 Å². The van der Waals surface area contributed by atoms with Crippen LogP contribution in [-0.4, -0.2) is 79.0 Å². The summed E-state index contributed by atoms with van der Waals surface area (Å²) in [4.78, 5) is 49.6. The average Bonchev–Trinajstić information content (AvgIpc) is 3.43. The predicted molar refractivity (Wildman–Crippen MR) is 191 cm³/mol. The van der Waals surface area contributed by atoms with Crippen LogP contribution in [0.2, 0.25) is 0 Å². The van der Waals surface area contributed by atoms with Crippen LogP contribution in [0, 0.1) is 28.6 Å². The molecular formula is C42H56O11. The summed E-state index contributed by atoms with van der Waals surface area (Å²) in [7, 11) is 0. The normalized spacial score (nSPS) is 42.3. The molecule has 0 bridgehead atoms. The minimum Gasteiger partial charge on any atom is -0.458 e. The maximum Gasteiger partial charge on any atom is 0.338 e. The van der Waals surface area contributed by atoms with Crippen LogP contribution in [0.5, 0.6) is 0 Å². The van der Waals surface area contributed by atoms with Crippen molar-refractivity contribution in [2.45, 2.75) is 161 Å². The third-order valence-corrected chi connectivity index (χ3v) is 13.6. The van der Waals surface area contributed by atoms with Crippen molar-refractivity contribution in [3.63, 3.8) is 0 Å². The van der Waals surface area contributed by atoms with E-state index in [9.17, 15) is 19.2 Å². The second kappa shape index (κ2) is 15.2. The van der Waals surface area contributed by atoms with Crippen molar-refractivity contribution in [3.05, 3.63) is 47.5 Å². The molecule has 2 aliphatic heterocycles. The zero-order valence-electron chi connectivity index (χ0n) is 32.0. The summed E-state index contributed by atoms with van der Waals surface area (Å²) in [5.74, 6) is 0.530. The first-order valence-electron chi connectivity index (χ1n) is 19.7. The quantitative estimate of drug-likeness (QED) is 0.210. The molecule has 0 spiro atoms. The van der Waals surface area contributed by atoms with Gasteiger partial charge in [0.05, 0.1) is 23.9 Å². The Kier molecular flexibility index (Phi) is 10.9. The van der Waals surface area contributed by atoms with Crippen molar-refractivity contribution in [1.29, 1.82) is 0 Å². The maximum atomic E-state index is 13.5. The molecule has 14 atom stereocenters. The molecule has 11 nitrogen and oxygen atoms in total. The first kappa shape index (κ1) is 38.2. The lowest BCUT2D eigenvalue weighted by molar-refractivity contribution is -0.320. The molecule has 0 aromatic heterocycles. The number of fused-ring (bicyclic) bond motifs is 5. The molecular weight excluding hydrogens is 680 g/mol. The molecule has 2 saturated heterocycles. The number of carbonyl (C=O) groups is 4. The van der Waals surface area contributed by atoms with Crippen molar-refractivity contribution in [2.75, 3.05) is 0 Å². The van der Waals surface area contributed by atoms with Crippen molar-refractivity contribution >= 4 is 23.7 Å². The van der Waals surface area contributed by atoms with Crippen LogP contribution in [0.15, 0.2) is 42.0 Å². The Bertz CT molecular complexity index is 1580. The smallest absolute Gasteiger partial charge is 0.338 e. The van der Waals surface area contributed by atoms with Crippen LogP contribution in [0.3, 0.4) is 0 Å². The maximum absolute atomic E-state index is 13.5. The van der Waals surface area contributed by atoms with Gasteiger partial charge in [-0.3, -0.25) is 14.4 Å². The van der Waals surface area contributed by atoms with Crippen LogP contribution in [-0.2, 0) is 47.5 Å². The number of benzene rings is 1. The number of carbonyl (C=O) groups excluding carboxylic acids is 4. The largest absolute Gasteiger partial charge is 0.458 e. The third kappa shape index (κ3) is 7.60. The van der Waals surface area contributed by atoms with Gasteiger partial charge in [-0.25, -0.2) is 4.79 Å². The first-order chi connectivity index (χ1) is 25.2. The molecule has 53 heavy (non-hydrogen) atoms. The minimum atomic E-state index is -0.854. The van der Waals surface area contributed by atoms with E-state index < -0.39 is 67.1 Å². The molecule has 5 fully saturated rings. The molecule has 1 aromatic rings. The van der Waals surface area contributed by atoms with E-state index >= 15 is 0 Å². The fourth-order valence-electron chi connectivity index (χ4n) is 11.1. The van der Waals surface area contributed by atoms with Gasteiger partial charge in [0, 0.05) is 33.1 Å². The predicted octanol–water partition coefficient (Wildman–Crippen LogP) is 6.65. The highest BCUT2D eigenvalue weighted by molar-refractivity contribution is 5.91. The van der Waals surface area contributed by atoms with Crippen molar-refractivity contribution in [1.82, 2.24) is 0 Å². The van der Waals surface area contributed by atoms with Gasteiger partial charge < -0.3 is 33.2 Å². The highest BCUT2D eigenvalue weighted by Gasteiger charge is 2.60. The lowest BCUT2D eigenvalue weighted by atomic mass is 9.47. The highest BCUT2D eigenvalue weighted by Crippen LogP contribution is 2.65. The third-order valence-electron chi connectivity index (χ3n) is 13.6. The van der Waals surface area contributed by atoms with Gasteiger partial charge in [0.25, 0.3) is 0 Å². The van der Waals surface area contributed by atoms with E-state index in [1.54, 1.807) is 31.2 Å². The Morgan fingerprint density at radius 1 is 0.736 bits per heavy atom. The molecule has 0 radical (unpaired) electrons. The number of ketones is 1. The summed E-state index contributed by atoms with van der Waals surface area (Å²) in [6.07, 6.45) is 4.65. The lowest BCUT2D eigenvalue weighted by Crippen LogP contribution is -2.57. The Balaban J connectivity index is 1.06. The van der Waals surface area contributed by atoms with Gasteiger partial charge in [-0.1, -0.05) is 37.6 Å². The summed E-state index contributed by atoms with van der Waals surface area (Å²) in [5.41, 5.74) is 1.91. The van der Waals surface area contributed by atoms with Gasteiger partial charge in [-0.2, -0.15) is 0 Å². The second-order valence-corrected chi connectivity index (χ2v) is 16.9. The van der Waals surface area contributed by atoms with Crippen LogP contribution in [0.25, 0.3) is 0 Å². The fraction of sp³-hybridized carbons (Fsp3) is 0.714. The molecule has 4 aliphatic carbocycles. The molecule has 7 rings (SSSR count). The highest BCUT2D eigenvalue weighted by atomic mass is 16.7. The van der Waals surface area contributed by atoms with Gasteiger partial charge in [0.15, 0.2) is 24.5 Å². The van der Waals surface area contributed by atoms with Gasteiger partial charge in [0.2, 0.25) is 0 Å². The van der Waals surface area contributed by atoms with E-state index in [0.29, 0.717) is 29.7 Å². The molecule has 3 saturated carbocycles. The van der Waals surface area contributed by atoms with Crippen molar-refractivity contribution < 1.29 is 52.3 Å². The summed E-state index contributed by atoms with van der Waals surface area (Å²) < 4.78 is 43.4. The van der Waals surface area contributed by atoms with Crippen molar-refractivity contribution in [3.8, 4) is 0 Å². The van der Waals surface area contributed by atoms with E-state index in [4.69, 9.17) is 33.2 Å². The van der Waals surface area contributed by atoms with Gasteiger partial charge in [-0.05, 0) is 106 Å². The van der Waals surface area contributed by atoms with Crippen molar-refractivity contribution in [2.24, 2.45) is 28.6 Å². The number of hydrogen-bond acceptors (Lipinski definition) is 11. The van der Waals surface area contributed by atoms with Gasteiger partial charge in [0.1, 0.15) is 18.3 Å². The number of allylic oxidation sites excluding steroid dienone is 1. The molecule has 290 valence electrons. The second-order valence-electron chi connectivity index (χ2n) is 16.9. The standard InChI is InChI=1S/C42H56O11/c1-23-38(50-26(4)44)33(49-25(3)43)21-37(48-23)53-39-24(2)47-36(22-34(39)51-40(46)27-10-8-7-9-11-27)52-35-15-14-31-30-13-12-28-20-29(45)16-18-41(28,5)32(30)17-19-42(31,35)6/h7-11,20,23-24,30-39H,12-19,21-22H2,1-6H3/t23-,24-,30-,31-,32-,33-,34-,35-,36+,37-,38-,39-,41-,42-/m0/s1. The number of hydrogen-bond donors (Lipinski definition) is 0. The fourth-order valence-corrected chi connectivity index (χ4v) is 11.1. The van der Waals surface area contributed by atoms with E-state index in [0.717, 1.165) is 44.9 Å². The summed E-state index contributed by atoms with van der Waals surface area (Å²) >= 11 is 0. The zero-order valence-corrected chi connectivity index (χ0v) is 32.0. The zero-order chi connectivity index (χ0) is 37.7. The lowest BCUT2D eigenvalue weighted by Gasteiger charge is -2.58. The summed E-state index contributed by atoms with van der Waals surface area (Å²) in [6.45, 7) is 11.0. The molecule has 0 unspecified atom stereocenters. The minimum absolute atomic E-state index is 0.00324. The number of ether oxygens (including phenoxy) is 7. The Morgan fingerprint density at radius 3 is 2.09 bits per heavy atom. The van der Waals surface area contributed by atoms with Gasteiger partial charge >= 0.3 is 17.9 Å². The number of rotatable bonds is 8. The van der Waals surface area contributed by atoms with E-state index in [-0.39, 0.29) is 35.6 Å². The molecule has 0 N–H and O–H groups in total. The average molecular weight is 737 g/mol. The topological polar surface area (TPSA) is 133 Å². The first-order valence-corrected chi connectivity index (χ1v) is 19.7. The Labute approximate surface area is 312 Å². The Morgan fingerprint density at radius 2 is 1.40 bits per heavy atom. The number of esters is 3. The molecule has 6 aliphatic rings. The van der Waals surface area contributed by atoms with Crippen LogP contribution < -0.4 is 0 Å². The van der Waals surface area contributed by atoms with E-state index in [2.05, 4.69) is 13.8 Å². The van der Waals surface area contributed by atoms with Crippen LogP contribution in [0.1, 0.15) is 116 Å². The Hall–Kier alpha value is -3.12. The van der Waals surface area contributed by atoms with Gasteiger partial charge in [-0.15, -0.1) is 0 Å². The molecule has 0 amide bonds. The molecule has 11 heteroatoms. The van der Waals surface area contributed by atoms with E-state index in [1.165, 1.54) is 19.4 Å². The summed E-state index contributed by atoms with van der Waals surface area (Å²) in [6, 6.07) is 8.85. The van der Waals surface area contributed by atoms with E-state index in [1.807, 2.05) is 19.1 Å².